The molecule has 2 nitrogen and oxygen atoms in total. The molecule has 0 aromatic carbocycles. The zero-order chi connectivity index (χ0) is 12.0. The monoisotopic (exact) mass is 230 g/mol. The second kappa shape index (κ2) is 7.23. The zero-order valence-electron chi connectivity index (χ0n) is 11.0. The van der Waals surface area contributed by atoms with Crippen LogP contribution in [0, 0.1) is 5.92 Å². The van der Waals surface area contributed by atoms with Crippen molar-refractivity contribution in [1.82, 2.24) is 10.2 Å². The summed E-state index contributed by atoms with van der Waals surface area (Å²) >= 11 is 0. The fraction of sp³-hybridized carbons (Fsp3) is 1.00. The lowest BCUT2D eigenvalue weighted by molar-refractivity contribution is 0.114. The quantitative estimate of drug-likeness (QED) is 0.754. The molecular formula is C13H27FN2. The Kier molecular flexibility index (Phi) is 6.29. The minimum atomic E-state index is -0.185. The van der Waals surface area contributed by atoms with Gasteiger partial charge in [-0.3, -0.25) is 9.29 Å². The standard InChI is InChI=1S/C13H27FN2/c1-4-13-9-15-12(8-11(2)3)10-16(13)7-5-6-14/h11-13,15H,4-10H2,1-3H3. The molecule has 0 radical (unpaired) electrons. The minimum absolute atomic E-state index is 0.185. The Labute approximate surface area is 99.6 Å². The third-order valence-electron chi connectivity index (χ3n) is 3.42. The van der Waals surface area contributed by atoms with Crippen LogP contribution in [-0.2, 0) is 0 Å². The predicted molar refractivity (Wildman–Crippen MR) is 67.5 cm³/mol. The van der Waals surface area contributed by atoms with Gasteiger partial charge in [0.1, 0.15) is 0 Å². The van der Waals surface area contributed by atoms with E-state index in [1.54, 1.807) is 0 Å². The van der Waals surface area contributed by atoms with Gasteiger partial charge >= 0.3 is 0 Å². The summed E-state index contributed by atoms with van der Waals surface area (Å²) in [4.78, 5) is 2.48. The molecule has 96 valence electrons. The van der Waals surface area contributed by atoms with Gasteiger partial charge in [0.05, 0.1) is 6.67 Å². The van der Waals surface area contributed by atoms with E-state index in [4.69, 9.17) is 0 Å². The van der Waals surface area contributed by atoms with E-state index in [1.807, 2.05) is 0 Å². The van der Waals surface area contributed by atoms with E-state index >= 15 is 0 Å². The highest BCUT2D eigenvalue weighted by Gasteiger charge is 2.26. The van der Waals surface area contributed by atoms with E-state index in [0.717, 1.165) is 32.0 Å². The van der Waals surface area contributed by atoms with E-state index in [2.05, 4.69) is 31.0 Å². The van der Waals surface area contributed by atoms with E-state index in [9.17, 15) is 4.39 Å². The highest BCUT2D eigenvalue weighted by atomic mass is 19.1. The number of hydrogen-bond donors (Lipinski definition) is 1. The van der Waals surface area contributed by atoms with Crippen molar-refractivity contribution in [3.8, 4) is 0 Å². The molecule has 2 unspecified atom stereocenters. The molecule has 1 N–H and O–H groups in total. The lowest BCUT2D eigenvalue weighted by Crippen LogP contribution is -2.56. The third kappa shape index (κ3) is 4.38. The van der Waals surface area contributed by atoms with Crippen LogP contribution in [0.15, 0.2) is 0 Å². The van der Waals surface area contributed by atoms with Crippen LogP contribution in [0.2, 0.25) is 0 Å². The Bertz CT molecular complexity index is 185. The number of piperazine rings is 1. The molecule has 0 aromatic rings. The first-order valence-electron chi connectivity index (χ1n) is 6.70. The molecule has 1 aliphatic heterocycles. The van der Waals surface area contributed by atoms with Crippen LogP contribution >= 0.6 is 0 Å². The Morgan fingerprint density at radius 2 is 2.19 bits per heavy atom. The van der Waals surface area contributed by atoms with Crippen LogP contribution in [0.25, 0.3) is 0 Å². The number of nitrogens with zero attached hydrogens (tertiary/aromatic N) is 1. The van der Waals surface area contributed by atoms with Crippen molar-refractivity contribution in [2.75, 3.05) is 26.3 Å². The minimum Gasteiger partial charge on any atom is -0.311 e. The molecule has 1 heterocycles. The predicted octanol–water partition coefficient (Wildman–Crippen LogP) is 2.44. The van der Waals surface area contributed by atoms with Crippen molar-refractivity contribution >= 4 is 0 Å². The summed E-state index contributed by atoms with van der Waals surface area (Å²) in [5.74, 6) is 0.735. The molecule has 1 fully saturated rings. The van der Waals surface area contributed by atoms with Gasteiger partial charge in [0.25, 0.3) is 0 Å². The molecule has 16 heavy (non-hydrogen) atoms. The first kappa shape index (κ1) is 13.9. The van der Waals surface area contributed by atoms with Gasteiger partial charge in [-0.05, 0) is 25.2 Å². The molecular weight excluding hydrogens is 203 g/mol. The Balaban J connectivity index is 2.41. The van der Waals surface area contributed by atoms with Crippen LogP contribution in [0.4, 0.5) is 4.39 Å². The average Bonchev–Trinajstić information content (AvgIpc) is 2.25. The van der Waals surface area contributed by atoms with E-state index in [1.165, 1.54) is 6.42 Å². The van der Waals surface area contributed by atoms with Crippen LogP contribution in [0.1, 0.15) is 40.0 Å². The van der Waals surface area contributed by atoms with Crippen molar-refractivity contribution in [2.24, 2.45) is 5.92 Å². The third-order valence-corrected chi connectivity index (χ3v) is 3.42. The smallest absolute Gasteiger partial charge is 0.0906 e. The maximum atomic E-state index is 12.2. The van der Waals surface area contributed by atoms with Crippen LogP contribution in [0.3, 0.4) is 0 Å². The molecule has 0 bridgehead atoms. The fourth-order valence-corrected chi connectivity index (χ4v) is 2.59. The van der Waals surface area contributed by atoms with E-state index in [0.29, 0.717) is 18.5 Å². The second-order valence-corrected chi connectivity index (χ2v) is 5.33. The van der Waals surface area contributed by atoms with Crippen molar-refractivity contribution in [3.63, 3.8) is 0 Å². The second-order valence-electron chi connectivity index (χ2n) is 5.33. The first-order valence-corrected chi connectivity index (χ1v) is 6.70. The van der Waals surface area contributed by atoms with Crippen molar-refractivity contribution in [3.05, 3.63) is 0 Å². The number of nitrogens with one attached hydrogen (secondary N) is 1. The van der Waals surface area contributed by atoms with Crippen molar-refractivity contribution in [1.29, 1.82) is 0 Å². The van der Waals surface area contributed by atoms with Crippen molar-refractivity contribution < 1.29 is 4.39 Å². The van der Waals surface area contributed by atoms with Gasteiger partial charge in [-0.25, -0.2) is 0 Å². The van der Waals surface area contributed by atoms with Crippen LogP contribution < -0.4 is 5.32 Å². The number of alkyl halides is 1. The number of halogens is 1. The van der Waals surface area contributed by atoms with E-state index in [-0.39, 0.29) is 6.67 Å². The van der Waals surface area contributed by atoms with Gasteiger partial charge in [-0.1, -0.05) is 20.8 Å². The molecule has 3 heteroatoms. The van der Waals surface area contributed by atoms with Gasteiger partial charge < -0.3 is 5.32 Å². The number of hydrogen-bond acceptors (Lipinski definition) is 2. The summed E-state index contributed by atoms with van der Waals surface area (Å²) < 4.78 is 12.2. The lowest BCUT2D eigenvalue weighted by Gasteiger charge is -2.40. The number of rotatable bonds is 6. The maximum Gasteiger partial charge on any atom is 0.0906 e. The molecule has 1 rings (SSSR count). The topological polar surface area (TPSA) is 15.3 Å². The summed E-state index contributed by atoms with van der Waals surface area (Å²) in [6.45, 7) is 9.65. The van der Waals surface area contributed by atoms with E-state index < -0.39 is 0 Å². The lowest BCUT2D eigenvalue weighted by atomic mass is 9.99. The fourth-order valence-electron chi connectivity index (χ4n) is 2.59. The molecule has 1 saturated heterocycles. The SMILES string of the molecule is CCC1CNC(CC(C)C)CN1CCCF. The van der Waals surface area contributed by atoms with Gasteiger partial charge in [-0.15, -0.1) is 0 Å². The average molecular weight is 230 g/mol. The molecule has 0 saturated carbocycles. The van der Waals surface area contributed by atoms with Crippen LogP contribution in [0.5, 0.6) is 0 Å². The molecule has 0 aliphatic carbocycles. The van der Waals surface area contributed by atoms with Gasteiger partial charge in [0.15, 0.2) is 0 Å². The van der Waals surface area contributed by atoms with Crippen LogP contribution in [-0.4, -0.2) is 43.3 Å². The highest BCUT2D eigenvalue weighted by molar-refractivity contribution is 4.85. The first-order chi connectivity index (χ1) is 7.67. The Morgan fingerprint density at radius 1 is 1.44 bits per heavy atom. The molecule has 0 spiro atoms. The van der Waals surface area contributed by atoms with Gasteiger partial charge in [0.2, 0.25) is 0 Å². The summed E-state index contributed by atoms with van der Waals surface area (Å²) in [7, 11) is 0. The normalized spacial score (nSPS) is 27.6. The summed E-state index contributed by atoms with van der Waals surface area (Å²) in [5.41, 5.74) is 0. The molecule has 0 aromatic heterocycles. The molecule has 1 aliphatic rings. The summed E-state index contributed by atoms with van der Waals surface area (Å²) in [5, 5.41) is 3.62. The van der Waals surface area contributed by atoms with Gasteiger partial charge in [-0.2, -0.15) is 0 Å². The molecule has 2 atom stereocenters. The Morgan fingerprint density at radius 3 is 2.75 bits per heavy atom. The highest BCUT2D eigenvalue weighted by Crippen LogP contribution is 2.15. The summed E-state index contributed by atoms with van der Waals surface area (Å²) in [6.07, 6.45) is 3.07. The zero-order valence-corrected chi connectivity index (χ0v) is 11.0. The molecule has 0 amide bonds. The van der Waals surface area contributed by atoms with Gasteiger partial charge in [0, 0.05) is 31.7 Å². The Hall–Kier alpha value is -0.150. The maximum absolute atomic E-state index is 12.2. The summed E-state index contributed by atoms with van der Waals surface area (Å²) in [6, 6.07) is 1.21. The van der Waals surface area contributed by atoms with Crippen molar-refractivity contribution in [2.45, 2.75) is 52.1 Å². The largest absolute Gasteiger partial charge is 0.311 e.